The number of nitrogens with zero attached hydrogens (tertiary/aromatic N) is 1. The smallest absolute Gasteiger partial charge is 0.308 e. The van der Waals surface area contributed by atoms with E-state index in [0.29, 0.717) is 11.7 Å². The zero-order valence-electron chi connectivity index (χ0n) is 10.6. The van der Waals surface area contributed by atoms with Gasteiger partial charge in [0.05, 0.1) is 12.1 Å². The molecule has 1 heterocycles. The maximum atomic E-state index is 10.8. The average molecular weight is 271 g/mol. The summed E-state index contributed by atoms with van der Waals surface area (Å²) in [5.41, 5.74) is 0.733. The van der Waals surface area contributed by atoms with Crippen LogP contribution in [0.2, 0.25) is 0 Å². The normalized spacial score (nSPS) is 11.9. The summed E-state index contributed by atoms with van der Waals surface area (Å²) in [6.45, 7) is 5.69. The number of aromatic nitrogens is 1. The summed E-state index contributed by atoms with van der Waals surface area (Å²) in [7, 11) is 0. The van der Waals surface area contributed by atoms with Crippen LogP contribution in [0.25, 0.3) is 0 Å². The molecule has 1 aromatic rings. The van der Waals surface area contributed by atoms with Crippen molar-refractivity contribution in [3.8, 4) is 0 Å². The van der Waals surface area contributed by atoms with Crippen LogP contribution in [0.5, 0.6) is 0 Å². The predicted octanol–water partition coefficient (Wildman–Crippen LogP) is 1.02. The van der Waals surface area contributed by atoms with E-state index in [9.17, 15) is 9.59 Å². The number of aliphatic carboxylic acids is 1. The number of hydrogen-bond acceptors (Lipinski definition) is 5. The van der Waals surface area contributed by atoms with Crippen LogP contribution in [0.4, 0.5) is 5.13 Å². The molecular weight excluding hydrogens is 254 g/mol. The molecule has 0 aliphatic rings. The van der Waals surface area contributed by atoms with E-state index < -0.39 is 5.97 Å². The van der Waals surface area contributed by atoms with Crippen molar-refractivity contribution in [2.24, 2.45) is 0 Å². The van der Waals surface area contributed by atoms with E-state index in [0.717, 1.165) is 10.6 Å². The van der Waals surface area contributed by atoms with Crippen LogP contribution >= 0.6 is 11.3 Å². The number of rotatable bonds is 6. The van der Waals surface area contributed by atoms with Gasteiger partial charge < -0.3 is 15.7 Å². The molecule has 1 aromatic heterocycles. The first-order chi connectivity index (χ1) is 8.38. The molecule has 1 rings (SSSR count). The number of carbonyl (C=O) groups excluding carboxylic acids is 1. The first-order valence-corrected chi connectivity index (χ1v) is 6.39. The van der Waals surface area contributed by atoms with Gasteiger partial charge in [-0.25, -0.2) is 4.98 Å². The van der Waals surface area contributed by atoms with Crippen LogP contribution in [0.1, 0.15) is 24.4 Å². The van der Waals surface area contributed by atoms with Gasteiger partial charge in [-0.15, -0.1) is 11.3 Å². The van der Waals surface area contributed by atoms with Gasteiger partial charge in [0.15, 0.2) is 5.13 Å². The molecular formula is C11H17N3O3S. The van der Waals surface area contributed by atoms with E-state index in [1.165, 1.54) is 18.3 Å². The first kappa shape index (κ1) is 14.4. The van der Waals surface area contributed by atoms with E-state index in [1.807, 2.05) is 6.92 Å². The van der Waals surface area contributed by atoms with E-state index in [1.54, 1.807) is 6.92 Å². The van der Waals surface area contributed by atoms with Gasteiger partial charge in [-0.3, -0.25) is 9.59 Å². The zero-order valence-corrected chi connectivity index (χ0v) is 11.4. The van der Waals surface area contributed by atoms with Gasteiger partial charge in [0.1, 0.15) is 0 Å². The summed E-state index contributed by atoms with van der Waals surface area (Å²) in [6, 6.07) is -0.00497. The van der Waals surface area contributed by atoms with Crippen molar-refractivity contribution in [1.29, 1.82) is 0 Å². The van der Waals surface area contributed by atoms with Crippen LogP contribution in [-0.2, 0) is 16.0 Å². The van der Waals surface area contributed by atoms with Crippen LogP contribution < -0.4 is 10.6 Å². The lowest BCUT2D eigenvalue weighted by Gasteiger charge is -2.12. The highest BCUT2D eigenvalue weighted by atomic mass is 32.1. The number of thiazole rings is 1. The van der Waals surface area contributed by atoms with Crippen molar-refractivity contribution in [2.75, 3.05) is 11.9 Å². The molecule has 7 heteroatoms. The summed E-state index contributed by atoms with van der Waals surface area (Å²) in [6.07, 6.45) is -0.00751. The second-order valence-electron chi connectivity index (χ2n) is 4.08. The predicted molar refractivity (Wildman–Crippen MR) is 70.0 cm³/mol. The van der Waals surface area contributed by atoms with Crippen molar-refractivity contribution in [1.82, 2.24) is 10.3 Å². The van der Waals surface area contributed by atoms with Crippen molar-refractivity contribution >= 4 is 28.3 Å². The van der Waals surface area contributed by atoms with Gasteiger partial charge in [0.2, 0.25) is 5.91 Å². The Kier molecular flexibility index (Phi) is 5.08. The van der Waals surface area contributed by atoms with Crippen molar-refractivity contribution < 1.29 is 14.7 Å². The number of carboxylic acid groups (broad SMARTS) is 1. The molecule has 0 aromatic carbocycles. The highest BCUT2D eigenvalue weighted by Gasteiger charge is 2.11. The number of carbonyl (C=O) groups is 2. The number of hydrogen-bond donors (Lipinski definition) is 3. The summed E-state index contributed by atoms with van der Waals surface area (Å²) in [4.78, 5) is 26.4. The highest BCUT2D eigenvalue weighted by Crippen LogP contribution is 2.22. The quantitative estimate of drug-likeness (QED) is 0.718. The van der Waals surface area contributed by atoms with Gasteiger partial charge >= 0.3 is 5.97 Å². The van der Waals surface area contributed by atoms with Crippen LogP contribution in [0.15, 0.2) is 0 Å². The van der Waals surface area contributed by atoms with Gasteiger partial charge in [0, 0.05) is 24.4 Å². The topological polar surface area (TPSA) is 91.3 Å². The number of nitrogens with one attached hydrogen (secondary N) is 2. The van der Waals surface area contributed by atoms with Gasteiger partial charge in [-0.1, -0.05) is 0 Å². The fourth-order valence-corrected chi connectivity index (χ4v) is 2.40. The molecule has 18 heavy (non-hydrogen) atoms. The van der Waals surface area contributed by atoms with Gasteiger partial charge in [-0.05, 0) is 13.8 Å². The lowest BCUT2D eigenvalue weighted by molar-refractivity contribution is -0.136. The monoisotopic (exact) mass is 271 g/mol. The molecule has 1 atom stereocenters. The zero-order chi connectivity index (χ0) is 13.7. The molecule has 100 valence electrons. The molecule has 0 saturated heterocycles. The Bertz CT molecular complexity index is 445. The standard InChI is InChI=1S/C11H17N3O3S/c1-6(13-8(3)15)5-12-11-14-7(2)9(18-11)4-10(16)17/h6H,4-5H2,1-3H3,(H,12,14)(H,13,15)(H,16,17). The fraction of sp³-hybridized carbons (Fsp3) is 0.545. The minimum Gasteiger partial charge on any atom is -0.481 e. The molecule has 0 aliphatic carbocycles. The Morgan fingerprint density at radius 3 is 2.72 bits per heavy atom. The average Bonchev–Trinajstić information content (AvgIpc) is 2.55. The molecule has 0 spiro atoms. The van der Waals surface area contributed by atoms with Crippen LogP contribution in [-0.4, -0.2) is 34.6 Å². The van der Waals surface area contributed by atoms with Crippen molar-refractivity contribution in [2.45, 2.75) is 33.2 Å². The van der Waals surface area contributed by atoms with E-state index in [4.69, 9.17) is 5.11 Å². The Balaban J connectivity index is 2.53. The lowest BCUT2D eigenvalue weighted by atomic mass is 10.3. The summed E-state index contributed by atoms with van der Waals surface area (Å²) in [5, 5.41) is 15.2. The first-order valence-electron chi connectivity index (χ1n) is 5.57. The molecule has 0 radical (unpaired) electrons. The third kappa shape index (κ3) is 4.70. The molecule has 6 nitrogen and oxygen atoms in total. The second-order valence-corrected chi connectivity index (χ2v) is 5.16. The molecule has 0 bridgehead atoms. The van der Waals surface area contributed by atoms with Crippen molar-refractivity contribution in [3.05, 3.63) is 10.6 Å². The number of aryl methyl sites for hydroxylation is 1. The molecule has 0 saturated carbocycles. The Morgan fingerprint density at radius 2 is 2.17 bits per heavy atom. The minimum atomic E-state index is -0.861. The number of amides is 1. The van der Waals surface area contributed by atoms with Gasteiger partial charge in [0.25, 0.3) is 0 Å². The molecule has 1 amide bonds. The molecule has 1 unspecified atom stereocenters. The number of anilines is 1. The number of carboxylic acids is 1. The lowest BCUT2D eigenvalue weighted by Crippen LogP contribution is -2.35. The van der Waals surface area contributed by atoms with Crippen LogP contribution in [0, 0.1) is 6.92 Å². The van der Waals surface area contributed by atoms with E-state index in [-0.39, 0.29) is 18.4 Å². The van der Waals surface area contributed by atoms with E-state index >= 15 is 0 Å². The largest absolute Gasteiger partial charge is 0.481 e. The third-order valence-corrected chi connectivity index (χ3v) is 3.33. The summed E-state index contributed by atoms with van der Waals surface area (Å²) >= 11 is 1.33. The van der Waals surface area contributed by atoms with Crippen molar-refractivity contribution in [3.63, 3.8) is 0 Å². The molecule has 0 aliphatic heterocycles. The fourth-order valence-electron chi connectivity index (χ4n) is 1.44. The minimum absolute atomic E-state index is 0.00497. The second kappa shape index (κ2) is 6.34. The van der Waals surface area contributed by atoms with E-state index in [2.05, 4.69) is 15.6 Å². The Morgan fingerprint density at radius 1 is 1.50 bits per heavy atom. The SMILES string of the molecule is CC(=O)NC(C)CNc1nc(C)c(CC(=O)O)s1. The molecule has 0 fully saturated rings. The molecule has 3 N–H and O–H groups in total. The maximum absolute atomic E-state index is 10.8. The summed E-state index contributed by atoms with van der Waals surface area (Å²) < 4.78 is 0. The van der Waals surface area contributed by atoms with Crippen LogP contribution in [0.3, 0.4) is 0 Å². The Hall–Kier alpha value is -1.63. The maximum Gasteiger partial charge on any atom is 0.308 e. The van der Waals surface area contributed by atoms with Gasteiger partial charge in [-0.2, -0.15) is 0 Å². The highest BCUT2D eigenvalue weighted by molar-refractivity contribution is 7.15. The Labute approximate surface area is 109 Å². The third-order valence-electron chi connectivity index (χ3n) is 2.21. The summed E-state index contributed by atoms with van der Waals surface area (Å²) in [5.74, 6) is -0.939.